The molecule has 0 saturated carbocycles. The molecule has 2 fully saturated rings. The average Bonchev–Trinajstić information content (AvgIpc) is 3.29. The Bertz CT molecular complexity index is 780. The van der Waals surface area contributed by atoms with Crippen LogP contribution in [0.5, 0.6) is 0 Å². The highest BCUT2D eigenvalue weighted by molar-refractivity contribution is 5.92. The van der Waals surface area contributed by atoms with E-state index in [-0.39, 0.29) is 5.91 Å². The van der Waals surface area contributed by atoms with E-state index in [9.17, 15) is 4.79 Å². The normalized spacial score (nSPS) is 20.0. The summed E-state index contributed by atoms with van der Waals surface area (Å²) in [6, 6.07) is 11.1. The highest BCUT2D eigenvalue weighted by Gasteiger charge is 2.25. The predicted molar refractivity (Wildman–Crippen MR) is 111 cm³/mol. The van der Waals surface area contributed by atoms with Crippen LogP contribution in [-0.4, -0.2) is 76.6 Å². The summed E-state index contributed by atoms with van der Waals surface area (Å²) in [4.78, 5) is 16.9. The number of benzene rings is 1. The predicted octanol–water partition coefficient (Wildman–Crippen LogP) is 2.58. The number of carbonyl (C=O) groups is 1. The van der Waals surface area contributed by atoms with Crippen molar-refractivity contribution in [3.8, 4) is 0 Å². The Labute approximate surface area is 172 Å². The molecule has 1 amide bonds. The molecule has 1 atom stereocenters. The third kappa shape index (κ3) is 5.03. The summed E-state index contributed by atoms with van der Waals surface area (Å²) in [5.41, 5.74) is 1.87. The zero-order valence-electron chi connectivity index (χ0n) is 17.2. The van der Waals surface area contributed by atoms with Gasteiger partial charge in [0, 0.05) is 26.2 Å². The van der Waals surface area contributed by atoms with Gasteiger partial charge in [0.25, 0.3) is 5.91 Å². The Morgan fingerprint density at radius 2 is 1.86 bits per heavy atom. The van der Waals surface area contributed by atoms with Crippen molar-refractivity contribution in [1.29, 1.82) is 0 Å². The van der Waals surface area contributed by atoms with Crippen molar-refractivity contribution < 1.29 is 9.53 Å². The molecule has 0 bridgehead atoms. The SMILES string of the molecule is C[C@@H](CCN1CCC(n2cc(C(=O)N3CCOCC3)nn2)CC1)c1ccccc1. The zero-order valence-corrected chi connectivity index (χ0v) is 17.2. The summed E-state index contributed by atoms with van der Waals surface area (Å²) in [7, 11) is 0. The summed E-state index contributed by atoms with van der Waals surface area (Å²) in [6.07, 6.45) is 5.11. The Morgan fingerprint density at radius 3 is 2.59 bits per heavy atom. The van der Waals surface area contributed by atoms with Crippen LogP contribution in [0.4, 0.5) is 0 Å². The minimum Gasteiger partial charge on any atom is -0.378 e. The van der Waals surface area contributed by atoms with Crippen LogP contribution in [0.1, 0.15) is 54.2 Å². The van der Waals surface area contributed by atoms with Gasteiger partial charge in [-0.05, 0) is 37.3 Å². The van der Waals surface area contributed by atoms with Crippen LogP contribution in [-0.2, 0) is 4.74 Å². The van der Waals surface area contributed by atoms with Crippen molar-refractivity contribution >= 4 is 5.91 Å². The summed E-state index contributed by atoms with van der Waals surface area (Å²) >= 11 is 0. The molecule has 0 aliphatic carbocycles. The second-order valence-electron chi connectivity index (χ2n) is 8.16. The van der Waals surface area contributed by atoms with Gasteiger partial charge in [0.2, 0.25) is 0 Å². The molecule has 0 radical (unpaired) electrons. The maximum atomic E-state index is 12.6. The number of carbonyl (C=O) groups excluding carboxylic acids is 1. The van der Waals surface area contributed by atoms with Crippen LogP contribution in [0.2, 0.25) is 0 Å². The zero-order chi connectivity index (χ0) is 20.1. The number of rotatable bonds is 6. The van der Waals surface area contributed by atoms with Gasteiger partial charge in [0.05, 0.1) is 25.5 Å². The summed E-state index contributed by atoms with van der Waals surface area (Å²) in [5, 5.41) is 8.41. The van der Waals surface area contributed by atoms with Crippen LogP contribution < -0.4 is 0 Å². The van der Waals surface area contributed by atoms with Gasteiger partial charge in [0.15, 0.2) is 5.69 Å². The van der Waals surface area contributed by atoms with E-state index in [2.05, 4.69) is 52.5 Å². The van der Waals surface area contributed by atoms with Crippen molar-refractivity contribution in [2.24, 2.45) is 0 Å². The maximum absolute atomic E-state index is 12.6. The maximum Gasteiger partial charge on any atom is 0.276 e. The fraction of sp³-hybridized carbons (Fsp3) is 0.591. The quantitative estimate of drug-likeness (QED) is 0.750. The first kappa shape index (κ1) is 20.0. The second kappa shape index (κ2) is 9.50. The van der Waals surface area contributed by atoms with E-state index in [1.165, 1.54) is 12.0 Å². The van der Waals surface area contributed by atoms with Crippen LogP contribution >= 0.6 is 0 Å². The molecule has 3 heterocycles. The van der Waals surface area contributed by atoms with Crippen LogP contribution in [0.15, 0.2) is 36.5 Å². The Kier molecular flexibility index (Phi) is 6.56. The number of hydrogen-bond acceptors (Lipinski definition) is 5. The largest absolute Gasteiger partial charge is 0.378 e. The molecule has 156 valence electrons. The fourth-order valence-electron chi connectivity index (χ4n) is 4.21. The lowest BCUT2D eigenvalue weighted by molar-refractivity contribution is 0.0299. The Morgan fingerprint density at radius 1 is 1.14 bits per heavy atom. The molecule has 2 aromatic rings. The minimum absolute atomic E-state index is 0.0353. The number of hydrogen-bond donors (Lipinski definition) is 0. The number of ether oxygens (including phenoxy) is 1. The van der Waals surface area contributed by atoms with E-state index in [1.54, 1.807) is 4.90 Å². The van der Waals surface area contributed by atoms with Gasteiger partial charge < -0.3 is 14.5 Å². The number of piperidine rings is 1. The molecule has 29 heavy (non-hydrogen) atoms. The third-order valence-corrected chi connectivity index (χ3v) is 6.21. The standard InChI is InChI=1S/C22H31N5O2/c1-18(19-5-3-2-4-6-19)7-10-25-11-8-20(9-12-25)27-17-21(23-24-27)22(28)26-13-15-29-16-14-26/h2-6,17-18,20H,7-16H2,1H3/t18-/m0/s1. The van der Waals surface area contributed by atoms with Gasteiger partial charge in [-0.25, -0.2) is 4.68 Å². The first-order valence-electron chi connectivity index (χ1n) is 10.8. The molecule has 4 rings (SSSR count). The summed E-state index contributed by atoms with van der Waals surface area (Å²) < 4.78 is 7.22. The van der Waals surface area contributed by atoms with Crippen LogP contribution in [0, 0.1) is 0 Å². The molecule has 1 aromatic carbocycles. The number of amides is 1. The summed E-state index contributed by atoms with van der Waals surface area (Å²) in [6.45, 7) is 8.03. The average molecular weight is 398 g/mol. The molecular formula is C22H31N5O2. The van der Waals surface area contributed by atoms with Crippen LogP contribution in [0.3, 0.4) is 0 Å². The minimum atomic E-state index is -0.0353. The van der Waals surface area contributed by atoms with Gasteiger partial charge in [-0.15, -0.1) is 5.10 Å². The van der Waals surface area contributed by atoms with Gasteiger partial charge in [-0.1, -0.05) is 42.5 Å². The number of likely N-dealkylation sites (tertiary alicyclic amines) is 1. The highest BCUT2D eigenvalue weighted by atomic mass is 16.5. The van der Waals surface area contributed by atoms with E-state index in [4.69, 9.17) is 4.74 Å². The topological polar surface area (TPSA) is 63.5 Å². The molecule has 0 unspecified atom stereocenters. The first-order valence-corrected chi connectivity index (χ1v) is 10.8. The molecule has 2 aliphatic heterocycles. The number of morpholine rings is 1. The monoisotopic (exact) mass is 397 g/mol. The Balaban J connectivity index is 1.24. The first-order chi connectivity index (χ1) is 14.2. The molecule has 0 N–H and O–H groups in total. The van der Waals surface area contributed by atoms with Crippen molar-refractivity contribution in [3.05, 3.63) is 47.8 Å². The van der Waals surface area contributed by atoms with Gasteiger partial charge in [0.1, 0.15) is 0 Å². The van der Waals surface area contributed by atoms with E-state index >= 15 is 0 Å². The number of nitrogens with zero attached hydrogens (tertiary/aromatic N) is 5. The molecular weight excluding hydrogens is 366 g/mol. The smallest absolute Gasteiger partial charge is 0.276 e. The van der Waals surface area contributed by atoms with Gasteiger partial charge in [-0.3, -0.25) is 4.79 Å². The molecule has 0 spiro atoms. The van der Waals surface area contributed by atoms with Crippen molar-refractivity contribution in [2.45, 2.75) is 38.1 Å². The highest BCUT2D eigenvalue weighted by Crippen LogP contribution is 2.24. The number of aromatic nitrogens is 3. The van der Waals surface area contributed by atoms with E-state index in [1.807, 2.05) is 10.9 Å². The van der Waals surface area contributed by atoms with Crippen molar-refractivity contribution in [2.75, 3.05) is 45.9 Å². The van der Waals surface area contributed by atoms with Crippen LogP contribution in [0.25, 0.3) is 0 Å². The molecule has 2 saturated heterocycles. The van der Waals surface area contributed by atoms with E-state index in [0.717, 1.165) is 32.5 Å². The molecule has 7 nitrogen and oxygen atoms in total. The fourth-order valence-corrected chi connectivity index (χ4v) is 4.21. The van der Waals surface area contributed by atoms with E-state index < -0.39 is 0 Å². The third-order valence-electron chi connectivity index (χ3n) is 6.21. The van der Waals surface area contributed by atoms with E-state index in [0.29, 0.717) is 44.0 Å². The van der Waals surface area contributed by atoms with Gasteiger partial charge >= 0.3 is 0 Å². The lowest BCUT2D eigenvalue weighted by Crippen LogP contribution is -2.40. The van der Waals surface area contributed by atoms with Crippen molar-refractivity contribution in [3.63, 3.8) is 0 Å². The molecule has 7 heteroatoms. The lowest BCUT2D eigenvalue weighted by atomic mass is 9.97. The lowest BCUT2D eigenvalue weighted by Gasteiger charge is -2.32. The summed E-state index contributed by atoms with van der Waals surface area (Å²) in [5.74, 6) is 0.546. The Hall–Kier alpha value is -2.25. The van der Waals surface area contributed by atoms with Gasteiger partial charge in [-0.2, -0.15) is 0 Å². The second-order valence-corrected chi connectivity index (χ2v) is 8.16. The van der Waals surface area contributed by atoms with Crippen molar-refractivity contribution in [1.82, 2.24) is 24.8 Å². The molecule has 1 aromatic heterocycles. The molecule has 2 aliphatic rings.